The van der Waals surface area contributed by atoms with Gasteiger partial charge in [0, 0.05) is 26.1 Å². The molecule has 0 atom stereocenters. The van der Waals surface area contributed by atoms with Gasteiger partial charge in [-0.05, 0) is 11.4 Å². The van der Waals surface area contributed by atoms with Crippen LogP contribution in [0.15, 0.2) is 11.4 Å². The number of carbonyl (C=O) groups is 1. The molecular weight excluding hydrogens is 264 g/mol. The molecule has 0 unspecified atom stereocenters. The first-order chi connectivity index (χ1) is 9.28. The number of carbonyl (C=O) groups excluding carboxylic acids is 1. The molecule has 1 aliphatic rings. The number of rotatable bonds is 2. The van der Waals surface area contributed by atoms with E-state index < -0.39 is 0 Å². The minimum Gasteiger partial charge on any atom is -0.354 e. The van der Waals surface area contributed by atoms with Gasteiger partial charge in [0.2, 0.25) is 11.9 Å². The lowest BCUT2D eigenvalue weighted by Crippen LogP contribution is -2.29. The zero-order chi connectivity index (χ0) is 13.2. The smallest absolute Gasteiger partial charge is 0.240 e. The van der Waals surface area contributed by atoms with E-state index in [1.807, 2.05) is 11.4 Å². The van der Waals surface area contributed by atoms with Crippen molar-refractivity contribution >= 4 is 39.2 Å². The van der Waals surface area contributed by atoms with E-state index >= 15 is 0 Å². The monoisotopic (exact) mass is 278 g/mol. The van der Waals surface area contributed by atoms with Gasteiger partial charge < -0.3 is 10.2 Å². The number of thiophene rings is 1. The van der Waals surface area contributed by atoms with Crippen LogP contribution in [0.2, 0.25) is 0 Å². The predicted molar refractivity (Wildman–Crippen MR) is 75.1 cm³/mol. The van der Waals surface area contributed by atoms with Gasteiger partial charge in [-0.25, -0.2) is 10.8 Å². The number of fused-ring (bicyclic) bond motifs is 1. The molecule has 0 aromatic carbocycles. The van der Waals surface area contributed by atoms with Gasteiger partial charge in [-0.3, -0.25) is 10.2 Å². The maximum absolute atomic E-state index is 11.4. The van der Waals surface area contributed by atoms with Gasteiger partial charge in [-0.1, -0.05) is 0 Å². The summed E-state index contributed by atoms with van der Waals surface area (Å²) >= 11 is 1.54. The van der Waals surface area contributed by atoms with Crippen LogP contribution in [0.4, 0.5) is 11.8 Å². The molecule has 1 aliphatic heterocycles. The van der Waals surface area contributed by atoms with Crippen LogP contribution in [0.1, 0.15) is 6.42 Å². The van der Waals surface area contributed by atoms with Crippen molar-refractivity contribution in [3.05, 3.63) is 11.4 Å². The van der Waals surface area contributed by atoms with E-state index in [-0.39, 0.29) is 5.91 Å². The highest BCUT2D eigenvalue weighted by Crippen LogP contribution is 2.29. The summed E-state index contributed by atoms with van der Waals surface area (Å²) in [5, 5.41) is 5.83. The Labute approximate surface area is 113 Å². The standard InChI is InChI=1S/C11H14N6OS/c12-16-11-14-9(7-2-6-19-10(7)15-11)17-4-1-8(18)13-3-5-17/h2,6H,1,3-5,12H2,(H,13,18)(H,14,15,16). The molecule has 2 aromatic heterocycles. The van der Waals surface area contributed by atoms with Crippen LogP contribution in [-0.2, 0) is 4.79 Å². The molecule has 8 heteroatoms. The van der Waals surface area contributed by atoms with Crippen LogP contribution in [0, 0.1) is 0 Å². The average molecular weight is 278 g/mol. The van der Waals surface area contributed by atoms with Gasteiger partial charge in [-0.2, -0.15) is 4.98 Å². The summed E-state index contributed by atoms with van der Waals surface area (Å²) in [7, 11) is 0. The number of hydrogen-bond acceptors (Lipinski definition) is 7. The lowest BCUT2D eigenvalue weighted by molar-refractivity contribution is -0.120. The summed E-state index contributed by atoms with van der Waals surface area (Å²) in [5.41, 5.74) is 2.49. The fraction of sp³-hybridized carbons (Fsp3) is 0.364. The van der Waals surface area contributed by atoms with Crippen molar-refractivity contribution in [1.29, 1.82) is 0 Å². The zero-order valence-corrected chi connectivity index (χ0v) is 11.0. The van der Waals surface area contributed by atoms with Gasteiger partial charge in [0.15, 0.2) is 0 Å². The van der Waals surface area contributed by atoms with E-state index in [0.29, 0.717) is 25.5 Å². The number of hydrazine groups is 1. The van der Waals surface area contributed by atoms with E-state index in [1.54, 1.807) is 11.3 Å². The molecule has 100 valence electrons. The van der Waals surface area contributed by atoms with Gasteiger partial charge >= 0.3 is 0 Å². The Bertz CT molecular complexity index is 612. The van der Waals surface area contributed by atoms with Crippen molar-refractivity contribution in [3.63, 3.8) is 0 Å². The first-order valence-electron chi connectivity index (χ1n) is 6.01. The largest absolute Gasteiger partial charge is 0.354 e. The third kappa shape index (κ3) is 2.32. The number of nitrogens with one attached hydrogen (secondary N) is 2. The molecule has 0 aliphatic carbocycles. The molecule has 0 radical (unpaired) electrons. The predicted octanol–water partition coefficient (Wildman–Crippen LogP) is 0.303. The van der Waals surface area contributed by atoms with E-state index in [0.717, 1.165) is 22.6 Å². The number of nitrogens with two attached hydrogens (primary N) is 1. The summed E-state index contributed by atoms with van der Waals surface area (Å²) in [4.78, 5) is 23.1. The molecule has 3 heterocycles. The normalized spacial score (nSPS) is 16.3. The second-order valence-electron chi connectivity index (χ2n) is 4.24. The minimum absolute atomic E-state index is 0.0790. The summed E-state index contributed by atoms with van der Waals surface area (Å²) in [6.45, 7) is 2.01. The van der Waals surface area contributed by atoms with Crippen molar-refractivity contribution in [2.75, 3.05) is 30.0 Å². The van der Waals surface area contributed by atoms with Crippen molar-refractivity contribution < 1.29 is 4.79 Å². The average Bonchev–Trinajstić information content (AvgIpc) is 2.79. The number of aromatic nitrogens is 2. The van der Waals surface area contributed by atoms with E-state index in [2.05, 4.69) is 25.6 Å². The van der Waals surface area contributed by atoms with Crippen LogP contribution >= 0.6 is 11.3 Å². The first kappa shape index (κ1) is 12.1. The molecule has 0 bridgehead atoms. The Kier molecular flexibility index (Phi) is 3.18. The van der Waals surface area contributed by atoms with Gasteiger partial charge in [0.05, 0.1) is 5.39 Å². The second kappa shape index (κ2) is 4.98. The highest BCUT2D eigenvalue weighted by molar-refractivity contribution is 7.16. The minimum atomic E-state index is 0.0790. The fourth-order valence-corrected chi connectivity index (χ4v) is 2.88. The Hall–Kier alpha value is -1.93. The zero-order valence-electron chi connectivity index (χ0n) is 10.2. The summed E-state index contributed by atoms with van der Waals surface area (Å²) in [5.74, 6) is 6.71. The summed E-state index contributed by atoms with van der Waals surface area (Å²) in [6.07, 6.45) is 0.473. The van der Waals surface area contributed by atoms with Crippen LogP contribution in [-0.4, -0.2) is 35.5 Å². The Morgan fingerprint density at radius 1 is 1.42 bits per heavy atom. The SMILES string of the molecule is NNc1nc(N2CCNC(=O)CC2)c2ccsc2n1. The maximum Gasteiger partial charge on any atom is 0.240 e. The third-order valence-corrected chi connectivity index (χ3v) is 3.85. The molecule has 19 heavy (non-hydrogen) atoms. The van der Waals surface area contributed by atoms with Crippen molar-refractivity contribution in [1.82, 2.24) is 15.3 Å². The molecule has 1 saturated heterocycles. The molecular formula is C11H14N6OS. The molecule has 7 nitrogen and oxygen atoms in total. The van der Waals surface area contributed by atoms with Crippen LogP contribution in [0.5, 0.6) is 0 Å². The van der Waals surface area contributed by atoms with Crippen molar-refractivity contribution in [2.45, 2.75) is 6.42 Å². The molecule has 0 saturated carbocycles. The van der Waals surface area contributed by atoms with Crippen molar-refractivity contribution in [2.24, 2.45) is 5.84 Å². The molecule has 1 amide bonds. The van der Waals surface area contributed by atoms with Crippen LogP contribution in [0.25, 0.3) is 10.2 Å². The van der Waals surface area contributed by atoms with Crippen molar-refractivity contribution in [3.8, 4) is 0 Å². The lowest BCUT2D eigenvalue weighted by atomic mass is 10.3. The van der Waals surface area contributed by atoms with E-state index in [4.69, 9.17) is 5.84 Å². The number of nitrogen functional groups attached to an aromatic ring is 1. The molecule has 1 fully saturated rings. The third-order valence-electron chi connectivity index (χ3n) is 3.05. The van der Waals surface area contributed by atoms with Crippen LogP contribution < -0.4 is 21.5 Å². The summed E-state index contributed by atoms with van der Waals surface area (Å²) < 4.78 is 0. The van der Waals surface area contributed by atoms with E-state index in [1.165, 1.54) is 0 Å². The Morgan fingerprint density at radius 3 is 3.16 bits per heavy atom. The Morgan fingerprint density at radius 2 is 2.32 bits per heavy atom. The molecule has 0 spiro atoms. The maximum atomic E-state index is 11.4. The molecule has 4 N–H and O–H groups in total. The van der Waals surface area contributed by atoms with Gasteiger partial charge in [0.1, 0.15) is 10.6 Å². The van der Waals surface area contributed by atoms with Gasteiger partial charge in [-0.15, -0.1) is 11.3 Å². The topological polar surface area (TPSA) is 96.2 Å². The lowest BCUT2D eigenvalue weighted by Gasteiger charge is -2.21. The molecule has 2 aromatic rings. The highest BCUT2D eigenvalue weighted by Gasteiger charge is 2.18. The fourth-order valence-electron chi connectivity index (χ4n) is 2.12. The first-order valence-corrected chi connectivity index (χ1v) is 6.89. The highest BCUT2D eigenvalue weighted by atomic mass is 32.1. The number of amides is 1. The van der Waals surface area contributed by atoms with E-state index in [9.17, 15) is 4.79 Å². The second-order valence-corrected chi connectivity index (χ2v) is 5.14. The quantitative estimate of drug-likeness (QED) is 0.540. The van der Waals surface area contributed by atoms with Crippen LogP contribution in [0.3, 0.4) is 0 Å². The Balaban J connectivity index is 2.02. The van der Waals surface area contributed by atoms with Gasteiger partial charge in [0.25, 0.3) is 0 Å². The molecule has 3 rings (SSSR count). The number of anilines is 2. The number of hydrogen-bond donors (Lipinski definition) is 3. The summed E-state index contributed by atoms with van der Waals surface area (Å²) in [6, 6.07) is 2.00. The number of nitrogens with zero attached hydrogens (tertiary/aromatic N) is 3.